The van der Waals surface area contributed by atoms with Gasteiger partial charge in [0.15, 0.2) is 5.78 Å². The van der Waals surface area contributed by atoms with E-state index < -0.39 is 0 Å². The average Bonchev–Trinajstić information content (AvgIpc) is 2.70. The number of hydrogen-bond donors (Lipinski definition) is 0. The van der Waals surface area contributed by atoms with Crippen molar-refractivity contribution >= 4 is 5.78 Å². The number of allylic oxidation sites excluding steroid dienone is 10. The summed E-state index contributed by atoms with van der Waals surface area (Å²) in [5.74, 6) is 1.12. The molecule has 1 fully saturated rings. The number of rotatable bonds is 12. The smallest absolute Gasteiger partial charge is 0.155 e. The summed E-state index contributed by atoms with van der Waals surface area (Å²) in [7, 11) is 0. The topological polar surface area (TPSA) is 17.1 Å². The van der Waals surface area contributed by atoms with Crippen molar-refractivity contribution in [1.29, 1.82) is 0 Å². The molecular weight excluding hydrogens is 376 g/mol. The van der Waals surface area contributed by atoms with Gasteiger partial charge >= 0.3 is 0 Å². The summed E-state index contributed by atoms with van der Waals surface area (Å²) < 4.78 is 0. The van der Waals surface area contributed by atoms with Crippen LogP contribution in [0.5, 0.6) is 0 Å². The van der Waals surface area contributed by atoms with E-state index in [0.717, 1.165) is 38.0 Å². The molecule has 0 aromatic heterocycles. The van der Waals surface area contributed by atoms with Crippen LogP contribution in [0, 0.1) is 11.3 Å². The summed E-state index contributed by atoms with van der Waals surface area (Å²) in [5.41, 5.74) is 7.75. The minimum Gasteiger partial charge on any atom is -0.295 e. The first-order valence-electron chi connectivity index (χ1n) is 12.5. The summed E-state index contributed by atoms with van der Waals surface area (Å²) in [6, 6.07) is 0. The second-order valence-electron chi connectivity index (χ2n) is 10.6. The molecule has 0 N–H and O–H groups in total. The Morgan fingerprint density at radius 2 is 1.42 bits per heavy atom. The van der Waals surface area contributed by atoms with Crippen LogP contribution in [0.2, 0.25) is 0 Å². The molecule has 0 radical (unpaired) electrons. The van der Waals surface area contributed by atoms with Gasteiger partial charge in [0.05, 0.1) is 0 Å². The van der Waals surface area contributed by atoms with Gasteiger partial charge in [0.2, 0.25) is 0 Å². The van der Waals surface area contributed by atoms with Crippen LogP contribution < -0.4 is 0 Å². The van der Waals surface area contributed by atoms with Crippen LogP contribution in [0.15, 0.2) is 58.2 Å². The lowest BCUT2D eigenvalue weighted by Crippen LogP contribution is -2.43. The monoisotopic (exact) mass is 422 g/mol. The zero-order valence-electron chi connectivity index (χ0n) is 21.2. The van der Waals surface area contributed by atoms with Crippen LogP contribution in [0.4, 0.5) is 0 Å². The van der Waals surface area contributed by atoms with E-state index in [9.17, 15) is 4.79 Å². The third kappa shape index (κ3) is 8.43. The van der Waals surface area contributed by atoms with Crippen molar-refractivity contribution < 1.29 is 4.79 Å². The van der Waals surface area contributed by atoms with E-state index in [4.69, 9.17) is 0 Å². The third-order valence-electron chi connectivity index (χ3n) is 7.49. The van der Waals surface area contributed by atoms with E-state index in [1.54, 1.807) is 0 Å². The summed E-state index contributed by atoms with van der Waals surface area (Å²) in [6.07, 6.45) is 24.0. The predicted octanol–water partition coefficient (Wildman–Crippen LogP) is 9.23. The van der Waals surface area contributed by atoms with Gasteiger partial charge in [-0.15, -0.1) is 0 Å². The molecule has 1 heteroatoms. The van der Waals surface area contributed by atoms with Crippen LogP contribution >= 0.6 is 0 Å². The van der Waals surface area contributed by atoms with Gasteiger partial charge in [0.1, 0.15) is 0 Å². The minimum absolute atomic E-state index is 0.326. The van der Waals surface area contributed by atoms with Gasteiger partial charge < -0.3 is 0 Å². The second-order valence-corrected chi connectivity index (χ2v) is 10.6. The SMILES string of the molecule is CC(C)=CCC/C(C)=C/CC/C(C)=C/CC/C=C(\C)CC[C@H]1CC2=CC(=O)CC[C@@]21C. The van der Waals surface area contributed by atoms with Crippen LogP contribution in [0.1, 0.15) is 112 Å². The highest BCUT2D eigenvalue weighted by atomic mass is 16.1. The van der Waals surface area contributed by atoms with E-state index in [2.05, 4.69) is 65.8 Å². The largest absolute Gasteiger partial charge is 0.295 e. The third-order valence-corrected chi connectivity index (χ3v) is 7.49. The van der Waals surface area contributed by atoms with Crippen molar-refractivity contribution in [3.05, 3.63) is 58.2 Å². The zero-order valence-corrected chi connectivity index (χ0v) is 21.2. The summed E-state index contributed by atoms with van der Waals surface area (Å²) >= 11 is 0. The van der Waals surface area contributed by atoms with E-state index >= 15 is 0 Å². The molecule has 0 spiro atoms. The molecule has 0 heterocycles. The van der Waals surface area contributed by atoms with E-state index in [-0.39, 0.29) is 0 Å². The lowest BCUT2D eigenvalue weighted by molar-refractivity contribution is -0.116. The van der Waals surface area contributed by atoms with Gasteiger partial charge in [-0.05, 0) is 116 Å². The Morgan fingerprint density at radius 1 is 0.871 bits per heavy atom. The van der Waals surface area contributed by atoms with Crippen molar-refractivity contribution in [2.45, 2.75) is 112 Å². The molecular formula is C30H46O. The standard InChI is InChI=1S/C30H46O/c1-23(2)11-9-14-25(4)16-10-15-24(3)12-7-8-13-26(5)17-18-27-21-28-22-29(31)19-20-30(27,28)6/h11-13,16,22,27H,7-10,14-15,17-21H2,1-6H3/b24-12+,25-16+,26-13+/t27-,30+/m0/s1. The Morgan fingerprint density at radius 3 is 2.00 bits per heavy atom. The Bertz CT molecular complexity index is 766. The number of unbranched alkanes of at least 4 members (excludes halogenated alkanes) is 1. The molecule has 0 aromatic rings. The fourth-order valence-electron chi connectivity index (χ4n) is 5.02. The van der Waals surface area contributed by atoms with Crippen molar-refractivity contribution in [2.75, 3.05) is 0 Å². The normalized spacial score (nSPS) is 24.5. The molecule has 2 aliphatic rings. The van der Waals surface area contributed by atoms with Gasteiger partial charge in [-0.25, -0.2) is 0 Å². The first kappa shape index (κ1) is 25.6. The summed E-state index contributed by atoms with van der Waals surface area (Å²) in [4.78, 5) is 11.6. The number of hydrogen-bond acceptors (Lipinski definition) is 1. The van der Waals surface area contributed by atoms with Crippen molar-refractivity contribution in [3.63, 3.8) is 0 Å². The second kappa shape index (κ2) is 12.4. The first-order valence-corrected chi connectivity index (χ1v) is 12.5. The van der Waals surface area contributed by atoms with Crippen LogP contribution in [-0.2, 0) is 4.79 Å². The summed E-state index contributed by atoms with van der Waals surface area (Å²) in [5, 5.41) is 0. The van der Waals surface area contributed by atoms with Gasteiger partial charge in [0, 0.05) is 6.42 Å². The maximum atomic E-state index is 11.6. The molecule has 31 heavy (non-hydrogen) atoms. The van der Waals surface area contributed by atoms with E-state index in [1.807, 2.05) is 6.08 Å². The molecule has 0 amide bonds. The molecule has 172 valence electrons. The first-order chi connectivity index (χ1) is 14.7. The molecule has 1 nitrogen and oxygen atoms in total. The van der Waals surface area contributed by atoms with Crippen molar-refractivity contribution in [2.24, 2.45) is 11.3 Å². The highest BCUT2D eigenvalue weighted by Gasteiger charge is 2.48. The van der Waals surface area contributed by atoms with Gasteiger partial charge in [-0.2, -0.15) is 0 Å². The number of carbonyl (C=O) groups excluding carboxylic acids is 1. The number of ketones is 1. The van der Waals surface area contributed by atoms with Crippen molar-refractivity contribution in [3.8, 4) is 0 Å². The average molecular weight is 423 g/mol. The number of carbonyl (C=O) groups is 1. The molecule has 0 saturated heterocycles. The van der Waals surface area contributed by atoms with Crippen molar-refractivity contribution in [1.82, 2.24) is 0 Å². The fourth-order valence-corrected chi connectivity index (χ4v) is 5.02. The maximum absolute atomic E-state index is 11.6. The lowest BCUT2D eigenvalue weighted by Gasteiger charge is -2.52. The van der Waals surface area contributed by atoms with Crippen LogP contribution in [0.25, 0.3) is 0 Å². The Labute approximate surface area is 192 Å². The minimum atomic E-state index is 0.326. The molecule has 0 aromatic carbocycles. The Kier molecular flexibility index (Phi) is 10.3. The maximum Gasteiger partial charge on any atom is 0.155 e. The molecule has 2 aliphatic carbocycles. The fraction of sp³-hybridized carbons (Fsp3) is 0.633. The van der Waals surface area contributed by atoms with E-state index in [0.29, 0.717) is 11.2 Å². The highest BCUT2D eigenvalue weighted by Crippen LogP contribution is 2.57. The molecule has 0 bridgehead atoms. The van der Waals surface area contributed by atoms with Crippen LogP contribution in [0.3, 0.4) is 0 Å². The van der Waals surface area contributed by atoms with Gasteiger partial charge in [0.25, 0.3) is 0 Å². The Balaban J connectivity index is 1.62. The Hall–Kier alpha value is -1.63. The van der Waals surface area contributed by atoms with Gasteiger partial charge in [-0.3, -0.25) is 4.79 Å². The highest BCUT2D eigenvalue weighted by molar-refractivity contribution is 5.92. The molecule has 0 unspecified atom stereocenters. The molecule has 1 saturated carbocycles. The number of fused-ring (bicyclic) bond motifs is 1. The molecule has 2 rings (SSSR count). The quantitative estimate of drug-likeness (QED) is 0.226. The molecule has 0 aliphatic heterocycles. The van der Waals surface area contributed by atoms with Crippen LogP contribution in [-0.4, -0.2) is 5.78 Å². The molecule has 2 atom stereocenters. The zero-order chi connectivity index (χ0) is 22.9. The van der Waals surface area contributed by atoms with E-state index in [1.165, 1.54) is 66.4 Å². The van der Waals surface area contributed by atoms with Gasteiger partial charge in [-0.1, -0.05) is 59.1 Å². The lowest BCUT2D eigenvalue weighted by atomic mass is 9.52. The summed E-state index contributed by atoms with van der Waals surface area (Å²) in [6.45, 7) is 13.6. The predicted molar refractivity (Wildman–Crippen MR) is 136 cm³/mol.